The molecule has 6 nitrogen and oxygen atoms in total. The zero-order valence-corrected chi connectivity index (χ0v) is 13.0. The Bertz CT molecular complexity index is 710. The number of esters is 1. The maximum Gasteiger partial charge on any atom is 0.338 e. The number of carbonyl (C=O) groups is 2. The van der Waals surface area contributed by atoms with Gasteiger partial charge in [-0.15, -0.1) is 11.3 Å². The average Bonchev–Trinajstić information content (AvgIpc) is 2.92. The predicted octanol–water partition coefficient (Wildman–Crippen LogP) is 1.93. The number of nitrogens with zero attached hydrogens (tertiary/aromatic N) is 2. The van der Waals surface area contributed by atoms with E-state index in [2.05, 4.69) is 15.5 Å². The molecule has 7 heteroatoms. The van der Waals surface area contributed by atoms with Crippen LogP contribution in [0.5, 0.6) is 0 Å². The van der Waals surface area contributed by atoms with E-state index in [0.717, 1.165) is 5.01 Å². The first-order valence-electron chi connectivity index (χ1n) is 6.50. The zero-order chi connectivity index (χ0) is 15.9. The fourth-order valence-electron chi connectivity index (χ4n) is 1.77. The summed E-state index contributed by atoms with van der Waals surface area (Å²) in [7, 11) is 1.31. The summed E-state index contributed by atoms with van der Waals surface area (Å²) < 4.78 is 4.69. The molecule has 2 rings (SSSR count). The monoisotopic (exact) mass is 317 g/mol. The molecule has 1 heterocycles. The van der Waals surface area contributed by atoms with Gasteiger partial charge in [0.1, 0.15) is 0 Å². The zero-order valence-electron chi connectivity index (χ0n) is 12.2. The van der Waals surface area contributed by atoms with E-state index in [-0.39, 0.29) is 12.3 Å². The second-order valence-corrected chi connectivity index (χ2v) is 5.47. The quantitative estimate of drug-likeness (QED) is 0.519. The van der Waals surface area contributed by atoms with Crippen LogP contribution in [0.4, 0.5) is 0 Å². The highest BCUT2D eigenvalue weighted by Crippen LogP contribution is 2.09. The van der Waals surface area contributed by atoms with E-state index in [4.69, 9.17) is 4.74 Å². The molecule has 2 aromatic rings. The fraction of sp³-hybridized carbons (Fsp3) is 0.200. The van der Waals surface area contributed by atoms with Crippen molar-refractivity contribution in [3.8, 4) is 0 Å². The molecule has 1 amide bonds. The Balaban J connectivity index is 1.98. The molecule has 1 N–H and O–H groups in total. The van der Waals surface area contributed by atoms with Crippen molar-refractivity contribution in [2.24, 2.45) is 5.10 Å². The summed E-state index contributed by atoms with van der Waals surface area (Å²) in [6, 6.07) is 6.85. The summed E-state index contributed by atoms with van der Waals surface area (Å²) in [6.07, 6.45) is 1.58. The number of aromatic nitrogens is 1. The molecule has 0 aliphatic carbocycles. The number of hydrogen-bond acceptors (Lipinski definition) is 6. The lowest BCUT2D eigenvalue weighted by Crippen LogP contribution is -2.20. The Morgan fingerprint density at radius 1 is 1.41 bits per heavy atom. The van der Waals surface area contributed by atoms with E-state index in [9.17, 15) is 9.59 Å². The van der Waals surface area contributed by atoms with E-state index in [1.54, 1.807) is 24.3 Å². The summed E-state index contributed by atoms with van der Waals surface area (Å²) in [6.45, 7) is 1.88. The molecule has 0 aliphatic rings. The number of aryl methyl sites for hydroxylation is 1. The first-order valence-corrected chi connectivity index (χ1v) is 7.38. The van der Waals surface area contributed by atoms with Crippen LogP contribution in [-0.2, 0) is 16.0 Å². The number of hydrogen-bond donors (Lipinski definition) is 1. The van der Waals surface area contributed by atoms with Crippen LogP contribution in [0.3, 0.4) is 0 Å². The smallest absolute Gasteiger partial charge is 0.338 e. The van der Waals surface area contributed by atoms with Crippen LogP contribution in [0.25, 0.3) is 0 Å². The maximum absolute atomic E-state index is 11.7. The lowest BCUT2D eigenvalue weighted by atomic mass is 10.1. The fourth-order valence-corrected chi connectivity index (χ4v) is 2.39. The molecule has 0 fully saturated rings. The number of carbonyl (C=O) groups excluding carboxylic acids is 2. The minimum absolute atomic E-state index is 0.167. The van der Waals surface area contributed by atoms with E-state index in [0.29, 0.717) is 16.8 Å². The van der Waals surface area contributed by atoms with Crippen LogP contribution in [0.15, 0.2) is 34.7 Å². The molecule has 0 unspecified atom stereocenters. The van der Waals surface area contributed by atoms with Gasteiger partial charge in [-0.1, -0.05) is 18.2 Å². The second-order valence-electron chi connectivity index (χ2n) is 4.41. The lowest BCUT2D eigenvalue weighted by molar-refractivity contribution is -0.120. The number of rotatable bonds is 5. The number of thiazole rings is 1. The van der Waals surface area contributed by atoms with Crippen LogP contribution in [0.1, 0.15) is 26.6 Å². The van der Waals surface area contributed by atoms with Crippen molar-refractivity contribution in [2.75, 3.05) is 7.11 Å². The highest BCUT2D eigenvalue weighted by atomic mass is 32.1. The van der Waals surface area contributed by atoms with Crippen LogP contribution in [-0.4, -0.2) is 30.2 Å². The summed E-state index contributed by atoms with van der Waals surface area (Å²) in [5, 5.41) is 6.62. The van der Waals surface area contributed by atoms with E-state index < -0.39 is 5.97 Å². The van der Waals surface area contributed by atoms with Gasteiger partial charge in [0.15, 0.2) is 0 Å². The van der Waals surface area contributed by atoms with Gasteiger partial charge in [-0.2, -0.15) is 5.10 Å². The van der Waals surface area contributed by atoms with Gasteiger partial charge < -0.3 is 4.74 Å². The van der Waals surface area contributed by atoms with Crippen molar-refractivity contribution in [1.29, 1.82) is 0 Å². The highest BCUT2D eigenvalue weighted by molar-refractivity contribution is 7.09. The Hall–Kier alpha value is -2.54. The minimum atomic E-state index is -0.452. The molecule has 0 atom stereocenters. The van der Waals surface area contributed by atoms with Gasteiger partial charge in [-0.05, 0) is 13.0 Å². The third kappa shape index (κ3) is 4.23. The molecule has 0 spiro atoms. The molecular formula is C15H15N3O3S. The summed E-state index contributed by atoms with van der Waals surface area (Å²) >= 11 is 1.49. The van der Waals surface area contributed by atoms with Gasteiger partial charge in [0.25, 0.3) is 0 Å². The number of amides is 1. The highest BCUT2D eigenvalue weighted by Gasteiger charge is 2.09. The Morgan fingerprint density at radius 2 is 2.18 bits per heavy atom. The van der Waals surface area contributed by atoms with Crippen LogP contribution >= 0.6 is 11.3 Å². The van der Waals surface area contributed by atoms with Crippen LogP contribution < -0.4 is 5.43 Å². The van der Waals surface area contributed by atoms with Crippen LogP contribution in [0.2, 0.25) is 0 Å². The van der Waals surface area contributed by atoms with Gasteiger partial charge in [-0.3, -0.25) is 4.79 Å². The number of hydrazone groups is 1. The first kappa shape index (κ1) is 15.8. The normalized spacial score (nSPS) is 10.6. The van der Waals surface area contributed by atoms with Crippen molar-refractivity contribution in [1.82, 2.24) is 10.4 Å². The summed E-state index contributed by atoms with van der Waals surface area (Å²) in [4.78, 5) is 27.5. The number of benzene rings is 1. The van der Waals surface area contributed by atoms with E-state index >= 15 is 0 Å². The van der Waals surface area contributed by atoms with Gasteiger partial charge >= 0.3 is 5.97 Å². The molecule has 0 saturated carbocycles. The van der Waals surface area contributed by atoms with Gasteiger partial charge in [0.2, 0.25) is 5.91 Å². The molecular weight excluding hydrogens is 302 g/mol. The number of methoxy groups -OCH3 is 1. The van der Waals surface area contributed by atoms with Gasteiger partial charge in [0.05, 0.1) is 36.0 Å². The maximum atomic E-state index is 11.7. The van der Waals surface area contributed by atoms with Crippen molar-refractivity contribution in [3.05, 3.63) is 51.5 Å². The van der Waals surface area contributed by atoms with Gasteiger partial charge in [0, 0.05) is 10.9 Å². The molecule has 22 heavy (non-hydrogen) atoms. The van der Waals surface area contributed by atoms with Crippen molar-refractivity contribution < 1.29 is 14.3 Å². The Morgan fingerprint density at radius 3 is 2.86 bits per heavy atom. The third-order valence-electron chi connectivity index (χ3n) is 2.77. The van der Waals surface area contributed by atoms with Crippen molar-refractivity contribution in [3.63, 3.8) is 0 Å². The van der Waals surface area contributed by atoms with Crippen molar-refractivity contribution >= 4 is 29.4 Å². The second kappa shape index (κ2) is 7.46. The Labute approximate surface area is 131 Å². The minimum Gasteiger partial charge on any atom is -0.465 e. The molecule has 0 aliphatic heterocycles. The van der Waals surface area contributed by atoms with E-state index in [1.807, 2.05) is 12.3 Å². The van der Waals surface area contributed by atoms with Gasteiger partial charge in [-0.25, -0.2) is 15.2 Å². The first-order chi connectivity index (χ1) is 10.6. The molecule has 0 radical (unpaired) electrons. The van der Waals surface area contributed by atoms with Crippen molar-refractivity contribution in [2.45, 2.75) is 13.3 Å². The molecule has 114 valence electrons. The third-order valence-corrected chi connectivity index (χ3v) is 3.59. The topological polar surface area (TPSA) is 80.6 Å². The van der Waals surface area contributed by atoms with E-state index in [1.165, 1.54) is 24.7 Å². The number of ether oxygens (including phenoxy) is 1. The van der Waals surface area contributed by atoms with Crippen LogP contribution in [0, 0.1) is 6.92 Å². The largest absolute Gasteiger partial charge is 0.465 e. The number of nitrogens with one attached hydrogen (secondary N) is 1. The predicted molar refractivity (Wildman–Crippen MR) is 84.1 cm³/mol. The standard InChI is InChI=1S/C15H15N3O3S/c1-10-17-12(9-22-10)7-14(19)18-16-8-11-5-3-4-6-13(11)15(20)21-2/h3-6,8-9H,7H2,1-2H3,(H,18,19)/b16-8-. The summed E-state index contributed by atoms with van der Waals surface area (Å²) in [5.74, 6) is -0.719. The Kier molecular flexibility index (Phi) is 5.37. The average molecular weight is 317 g/mol. The molecule has 0 saturated heterocycles. The SMILES string of the molecule is COC(=O)c1ccccc1/C=N\NC(=O)Cc1csc(C)n1. The molecule has 0 bridgehead atoms. The molecule has 1 aromatic heterocycles. The summed E-state index contributed by atoms with van der Waals surface area (Å²) in [5.41, 5.74) is 4.08. The lowest BCUT2D eigenvalue weighted by Gasteiger charge is -2.03. The molecule has 1 aromatic carbocycles.